The number of pyridine rings is 1. The van der Waals surface area contributed by atoms with E-state index in [-0.39, 0.29) is 0 Å². The van der Waals surface area contributed by atoms with E-state index in [0.29, 0.717) is 23.0 Å². The summed E-state index contributed by atoms with van der Waals surface area (Å²) in [5.74, 6) is 0.891. The Morgan fingerprint density at radius 1 is 1.32 bits per heavy atom. The minimum Gasteiger partial charge on any atom is -0.332 e. The van der Waals surface area contributed by atoms with Gasteiger partial charge in [-0.05, 0) is 25.0 Å². The first kappa shape index (κ1) is 11.8. The second-order valence-electron chi connectivity index (χ2n) is 4.83. The Bertz CT molecular complexity index is 619. The van der Waals surface area contributed by atoms with Gasteiger partial charge in [-0.1, -0.05) is 18.0 Å². The summed E-state index contributed by atoms with van der Waals surface area (Å²) in [5.41, 5.74) is 6.85. The zero-order valence-corrected chi connectivity index (χ0v) is 10.3. The first-order chi connectivity index (χ1) is 9.21. The maximum absolute atomic E-state index is 8.72. The van der Waals surface area contributed by atoms with Crippen molar-refractivity contribution in [1.29, 1.82) is 5.26 Å². The molecule has 3 rings (SSSR count). The Morgan fingerprint density at radius 3 is 2.74 bits per heavy atom. The Morgan fingerprint density at radius 2 is 2.11 bits per heavy atom. The van der Waals surface area contributed by atoms with Crippen LogP contribution in [0.2, 0.25) is 0 Å². The minimum absolute atomic E-state index is 0.344. The molecule has 0 saturated heterocycles. The van der Waals surface area contributed by atoms with Crippen molar-refractivity contribution in [2.45, 2.75) is 31.2 Å². The summed E-state index contributed by atoms with van der Waals surface area (Å²) in [5, 5.41) is 12.7. The lowest BCUT2D eigenvalue weighted by molar-refractivity contribution is 0.372. The molecule has 0 unspecified atom stereocenters. The number of hydrogen-bond donors (Lipinski definition) is 1. The van der Waals surface area contributed by atoms with Crippen LogP contribution in [0.15, 0.2) is 22.9 Å². The van der Waals surface area contributed by atoms with Crippen LogP contribution in [-0.2, 0) is 5.54 Å². The molecular formula is C13H13N5O. The van der Waals surface area contributed by atoms with Crippen molar-refractivity contribution in [2.24, 2.45) is 5.73 Å². The summed E-state index contributed by atoms with van der Waals surface area (Å²) in [7, 11) is 0. The van der Waals surface area contributed by atoms with Crippen LogP contribution in [0.4, 0.5) is 0 Å². The molecule has 0 radical (unpaired) electrons. The van der Waals surface area contributed by atoms with Gasteiger partial charge in [0.1, 0.15) is 11.8 Å². The molecule has 2 N–H and O–H groups in total. The third-order valence-corrected chi connectivity index (χ3v) is 3.48. The second-order valence-corrected chi connectivity index (χ2v) is 4.83. The van der Waals surface area contributed by atoms with Crippen molar-refractivity contribution < 1.29 is 4.52 Å². The highest BCUT2D eigenvalue weighted by atomic mass is 16.5. The number of rotatable bonds is 2. The molecule has 0 atom stereocenters. The fourth-order valence-corrected chi connectivity index (χ4v) is 2.35. The molecule has 2 heterocycles. The fourth-order valence-electron chi connectivity index (χ4n) is 2.35. The molecule has 2 aromatic rings. The Kier molecular flexibility index (Phi) is 2.76. The van der Waals surface area contributed by atoms with E-state index >= 15 is 0 Å². The van der Waals surface area contributed by atoms with Gasteiger partial charge in [-0.3, -0.25) is 0 Å². The number of hydrogen-bond acceptors (Lipinski definition) is 6. The van der Waals surface area contributed by atoms with E-state index in [9.17, 15) is 0 Å². The first-order valence-corrected chi connectivity index (χ1v) is 6.21. The Labute approximate surface area is 110 Å². The van der Waals surface area contributed by atoms with Gasteiger partial charge < -0.3 is 10.3 Å². The van der Waals surface area contributed by atoms with E-state index in [1.807, 2.05) is 6.07 Å². The van der Waals surface area contributed by atoms with Gasteiger partial charge in [-0.25, -0.2) is 4.98 Å². The van der Waals surface area contributed by atoms with Crippen LogP contribution < -0.4 is 5.73 Å². The van der Waals surface area contributed by atoms with Gasteiger partial charge in [-0.2, -0.15) is 10.2 Å². The van der Waals surface area contributed by atoms with Gasteiger partial charge in [-0.15, -0.1) is 0 Å². The van der Waals surface area contributed by atoms with Gasteiger partial charge in [0.15, 0.2) is 5.82 Å². The highest BCUT2D eigenvalue weighted by molar-refractivity contribution is 5.48. The van der Waals surface area contributed by atoms with Crippen molar-refractivity contribution >= 4 is 0 Å². The van der Waals surface area contributed by atoms with Crippen molar-refractivity contribution in [1.82, 2.24) is 15.1 Å². The van der Waals surface area contributed by atoms with Crippen molar-refractivity contribution in [3.05, 3.63) is 29.7 Å². The average Bonchev–Trinajstić information content (AvgIpc) is 3.08. The summed E-state index contributed by atoms with van der Waals surface area (Å²) in [6, 6.07) is 5.37. The first-order valence-electron chi connectivity index (χ1n) is 6.21. The summed E-state index contributed by atoms with van der Waals surface area (Å²) < 4.78 is 5.22. The maximum Gasteiger partial charge on any atom is 0.276 e. The van der Waals surface area contributed by atoms with Crippen molar-refractivity contribution in [3.8, 4) is 17.7 Å². The van der Waals surface area contributed by atoms with E-state index in [1.54, 1.807) is 12.1 Å². The third kappa shape index (κ3) is 2.09. The third-order valence-electron chi connectivity index (χ3n) is 3.48. The van der Waals surface area contributed by atoms with E-state index < -0.39 is 5.54 Å². The Balaban J connectivity index is 1.90. The van der Waals surface area contributed by atoms with Crippen LogP contribution in [0.1, 0.15) is 37.1 Å². The minimum atomic E-state index is -0.464. The van der Waals surface area contributed by atoms with Crippen LogP contribution in [-0.4, -0.2) is 15.1 Å². The fraction of sp³-hybridized carbons (Fsp3) is 0.385. The molecule has 19 heavy (non-hydrogen) atoms. The number of nitrogens with zero attached hydrogens (tertiary/aromatic N) is 4. The average molecular weight is 255 g/mol. The largest absolute Gasteiger partial charge is 0.332 e. The van der Waals surface area contributed by atoms with E-state index in [2.05, 4.69) is 15.1 Å². The van der Waals surface area contributed by atoms with E-state index in [1.165, 1.54) is 6.20 Å². The van der Waals surface area contributed by atoms with Gasteiger partial charge >= 0.3 is 0 Å². The molecule has 0 aliphatic heterocycles. The molecular weight excluding hydrogens is 242 g/mol. The lowest BCUT2D eigenvalue weighted by atomic mass is 9.99. The van der Waals surface area contributed by atoms with Gasteiger partial charge in [0, 0.05) is 6.20 Å². The van der Waals surface area contributed by atoms with E-state index in [0.717, 1.165) is 25.7 Å². The molecule has 0 amide bonds. The Hall–Kier alpha value is -2.26. The summed E-state index contributed by atoms with van der Waals surface area (Å²) >= 11 is 0. The lowest BCUT2D eigenvalue weighted by Crippen LogP contribution is -2.34. The normalized spacial score (nSPS) is 17.3. The van der Waals surface area contributed by atoms with Gasteiger partial charge in [0.25, 0.3) is 5.89 Å². The van der Waals surface area contributed by atoms with Crippen molar-refractivity contribution in [2.75, 3.05) is 0 Å². The number of nitriles is 1. The molecule has 1 saturated carbocycles. The molecule has 6 nitrogen and oxygen atoms in total. The standard InChI is InChI=1S/C13H13N5O/c14-7-9-3-4-10(16-8-9)11-17-12(18-19-11)13(15)5-1-2-6-13/h3-4,8H,1-2,5-6,15H2. The molecule has 0 aromatic carbocycles. The lowest BCUT2D eigenvalue weighted by Gasteiger charge is -2.17. The highest BCUT2D eigenvalue weighted by Gasteiger charge is 2.36. The van der Waals surface area contributed by atoms with Crippen LogP contribution >= 0.6 is 0 Å². The smallest absolute Gasteiger partial charge is 0.276 e. The summed E-state index contributed by atoms with van der Waals surface area (Å²) in [6.07, 6.45) is 5.43. The van der Waals surface area contributed by atoms with Crippen molar-refractivity contribution in [3.63, 3.8) is 0 Å². The molecule has 0 spiro atoms. The van der Waals surface area contributed by atoms with E-state index in [4.69, 9.17) is 15.5 Å². The number of aromatic nitrogens is 3. The summed E-state index contributed by atoms with van der Waals surface area (Å²) in [4.78, 5) is 8.46. The zero-order chi connectivity index (χ0) is 13.3. The predicted octanol–water partition coefficient (Wildman–Crippen LogP) is 1.73. The highest BCUT2D eigenvalue weighted by Crippen LogP contribution is 2.35. The SMILES string of the molecule is N#Cc1ccc(-c2nc(C3(N)CCCC3)no2)nc1. The maximum atomic E-state index is 8.72. The molecule has 0 bridgehead atoms. The zero-order valence-electron chi connectivity index (χ0n) is 10.3. The molecule has 6 heteroatoms. The van der Waals surface area contributed by atoms with Crippen LogP contribution in [0.3, 0.4) is 0 Å². The predicted molar refractivity (Wildman–Crippen MR) is 66.6 cm³/mol. The molecule has 1 fully saturated rings. The van der Waals surface area contributed by atoms with Gasteiger partial charge in [0.05, 0.1) is 11.1 Å². The monoisotopic (exact) mass is 255 g/mol. The topological polar surface area (TPSA) is 102 Å². The van der Waals surface area contributed by atoms with Crippen LogP contribution in [0.25, 0.3) is 11.6 Å². The second kappa shape index (κ2) is 4.44. The van der Waals surface area contributed by atoms with Gasteiger partial charge in [0.2, 0.25) is 0 Å². The molecule has 1 aliphatic rings. The van der Waals surface area contributed by atoms with Crippen LogP contribution in [0.5, 0.6) is 0 Å². The molecule has 1 aliphatic carbocycles. The summed E-state index contributed by atoms with van der Waals surface area (Å²) in [6.45, 7) is 0. The quantitative estimate of drug-likeness (QED) is 0.876. The van der Waals surface area contributed by atoms with Crippen LogP contribution in [0, 0.1) is 11.3 Å². The molecule has 2 aromatic heterocycles. The molecule has 96 valence electrons. The number of nitrogens with two attached hydrogens (primary N) is 1.